The number of nitrogens with two attached hydrogens (primary N) is 1. The Morgan fingerprint density at radius 3 is 2.15 bits per heavy atom. The normalized spacial score (nSPS) is 9.38. The third kappa shape index (κ3) is 7.23. The first-order valence-corrected chi connectivity index (χ1v) is 4.08. The lowest BCUT2D eigenvalue weighted by Crippen LogP contribution is -2.39. The van der Waals surface area contributed by atoms with Crippen molar-refractivity contribution >= 4 is 11.8 Å². The molecule has 0 fully saturated rings. The van der Waals surface area contributed by atoms with E-state index in [1.54, 1.807) is 7.05 Å². The summed E-state index contributed by atoms with van der Waals surface area (Å²) in [5.41, 5.74) is 5.05. The van der Waals surface area contributed by atoms with Gasteiger partial charge in [0.15, 0.2) is 0 Å². The van der Waals surface area contributed by atoms with Crippen molar-refractivity contribution in [2.45, 2.75) is 0 Å². The molecule has 0 atom stereocenters. The summed E-state index contributed by atoms with van der Waals surface area (Å²) in [6.07, 6.45) is 0. The van der Waals surface area contributed by atoms with Crippen molar-refractivity contribution in [3.05, 3.63) is 0 Å². The maximum Gasteiger partial charge on any atom is 0.234 e. The minimum absolute atomic E-state index is 0.0234. The van der Waals surface area contributed by atoms with Gasteiger partial charge in [-0.05, 0) is 7.05 Å². The van der Waals surface area contributed by atoms with Crippen molar-refractivity contribution in [1.29, 1.82) is 0 Å². The van der Waals surface area contributed by atoms with Gasteiger partial charge in [-0.15, -0.1) is 0 Å². The quantitative estimate of drug-likeness (QED) is 0.344. The molecule has 6 heteroatoms. The molecule has 0 aliphatic heterocycles. The molecule has 0 saturated heterocycles. The van der Waals surface area contributed by atoms with Gasteiger partial charge in [0, 0.05) is 13.1 Å². The van der Waals surface area contributed by atoms with Crippen LogP contribution in [0.3, 0.4) is 0 Å². The summed E-state index contributed by atoms with van der Waals surface area (Å²) in [5.74, 6) is -0.313. The summed E-state index contributed by atoms with van der Waals surface area (Å²) < 4.78 is 0. The van der Waals surface area contributed by atoms with E-state index in [4.69, 9.17) is 5.73 Å². The molecular formula is C7H16N4O2. The lowest BCUT2D eigenvalue weighted by atomic mass is 10.5. The number of carbonyl (C=O) groups excluding carboxylic acids is 2. The van der Waals surface area contributed by atoms with Crippen molar-refractivity contribution < 1.29 is 9.59 Å². The van der Waals surface area contributed by atoms with Gasteiger partial charge in [0.05, 0.1) is 13.1 Å². The van der Waals surface area contributed by atoms with E-state index in [9.17, 15) is 9.59 Å². The second-order valence-electron chi connectivity index (χ2n) is 2.43. The Morgan fingerprint density at radius 2 is 1.69 bits per heavy atom. The average Bonchev–Trinajstić information content (AvgIpc) is 2.12. The fourth-order valence-corrected chi connectivity index (χ4v) is 0.699. The first kappa shape index (κ1) is 11.9. The van der Waals surface area contributed by atoms with E-state index in [-0.39, 0.29) is 24.9 Å². The lowest BCUT2D eigenvalue weighted by Gasteiger charge is -2.05. The van der Waals surface area contributed by atoms with Crippen LogP contribution in [0.1, 0.15) is 0 Å². The maximum atomic E-state index is 10.8. The maximum absolute atomic E-state index is 10.8. The van der Waals surface area contributed by atoms with Gasteiger partial charge >= 0.3 is 0 Å². The summed E-state index contributed by atoms with van der Waals surface area (Å²) in [6.45, 7) is 1.09. The Balaban J connectivity index is 3.25. The molecule has 0 spiro atoms. The smallest absolute Gasteiger partial charge is 0.234 e. The van der Waals surface area contributed by atoms with E-state index in [0.29, 0.717) is 13.1 Å². The molecule has 0 radical (unpaired) electrons. The predicted octanol–water partition coefficient (Wildman–Crippen LogP) is -2.60. The van der Waals surface area contributed by atoms with E-state index >= 15 is 0 Å². The van der Waals surface area contributed by atoms with E-state index in [1.807, 2.05) is 0 Å². The molecule has 0 aromatic rings. The summed E-state index contributed by atoms with van der Waals surface area (Å²) in [4.78, 5) is 21.5. The highest BCUT2D eigenvalue weighted by Gasteiger charge is 1.98. The summed E-state index contributed by atoms with van der Waals surface area (Å²) in [6, 6.07) is 0. The van der Waals surface area contributed by atoms with Crippen LogP contribution in [0.2, 0.25) is 0 Å². The standard InChI is InChI=1S/C7H16N4O2/c1-9-5-7(13)11-3-2-10-6(12)4-8/h9H,2-5,8H2,1H3,(H,10,12)(H,11,13). The number of carbonyl (C=O) groups is 2. The largest absolute Gasteiger partial charge is 0.353 e. The molecule has 76 valence electrons. The van der Waals surface area contributed by atoms with Gasteiger partial charge in [0.2, 0.25) is 11.8 Å². The van der Waals surface area contributed by atoms with Gasteiger partial charge in [-0.25, -0.2) is 0 Å². The number of hydrogen-bond acceptors (Lipinski definition) is 4. The van der Waals surface area contributed by atoms with Crippen molar-refractivity contribution in [3.8, 4) is 0 Å². The van der Waals surface area contributed by atoms with Crippen LogP contribution >= 0.6 is 0 Å². The minimum Gasteiger partial charge on any atom is -0.353 e. The molecule has 0 saturated carbocycles. The zero-order valence-corrected chi connectivity index (χ0v) is 7.72. The van der Waals surface area contributed by atoms with Crippen molar-refractivity contribution in [3.63, 3.8) is 0 Å². The topological polar surface area (TPSA) is 96.2 Å². The van der Waals surface area contributed by atoms with Crippen LogP contribution in [-0.2, 0) is 9.59 Å². The van der Waals surface area contributed by atoms with Crippen LogP contribution in [0, 0.1) is 0 Å². The molecule has 0 unspecified atom stereocenters. The lowest BCUT2D eigenvalue weighted by molar-refractivity contribution is -0.121. The molecule has 13 heavy (non-hydrogen) atoms. The number of rotatable bonds is 6. The molecular weight excluding hydrogens is 172 g/mol. The van der Waals surface area contributed by atoms with Gasteiger partial charge in [0.25, 0.3) is 0 Å². The van der Waals surface area contributed by atoms with Crippen molar-refractivity contribution in [1.82, 2.24) is 16.0 Å². The summed E-state index contributed by atoms with van der Waals surface area (Å²) in [5, 5.41) is 7.85. The van der Waals surface area contributed by atoms with Crippen molar-refractivity contribution in [2.75, 3.05) is 33.2 Å². The molecule has 0 aliphatic rings. The Bertz CT molecular complexity index is 172. The van der Waals surface area contributed by atoms with Gasteiger partial charge < -0.3 is 21.7 Å². The molecule has 0 bridgehead atoms. The van der Waals surface area contributed by atoms with E-state index in [1.165, 1.54) is 0 Å². The fraction of sp³-hybridized carbons (Fsp3) is 0.714. The fourth-order valence-electron chi connectivity index (χ4n) is 0.699. The van der Waals surface area contributed by atoms with Crippen LogP contribution in [0.5, 0.6) is 0 Å². The predicted molar refractivity (Wildman–Crippen MR) is 49.0 cm³/mol. The SMILES string of the molecule is CNCC(=O)NCCNC(=O)CN. The van der Waals surface area contributed by atoms with Crippen LogP contribution in [0.25, 0.3) is 0 Å². The molecule has 0 aliphatic carbocycles. The molecule has 5 N–H and O–H groups in total. The van der Waals surface area contributed by atoms with E-state index in [0.717, 1.165) is 0 Å². The average molecular weight is 188 g/mol. The Hall–Kier alpha value is -1.14. The highest BCUT2D eigenvalue weighted by Crippen LogP contribution is 1.64. The van der Waals surface area contributed by atoms with E-state index < -0.39 is 0 Å². The number of likely N-dealkylation sites (N-methyl/N-ethyl adjacent to an activating group) is 1. The van der Waals surface area contributed by atoms with Crippen LogP contribution in [0.15, 0.2) is 0 Å². The zero-order chi connectivity index (χ0) is 10.1. The number of nitrogens with one attached hydrogen (secondary N) is 3. The van der Waals surface area contributed by atoms with Gasteiger partial charge in [-0.2, -0.15) is 0 Å². The van der Waals surface area contributed by atoms with E-state index in [2.05, 4.69) is 16.0 Å². The minimum atomic E-state index is -0.220. The molecule has 0 heterocycles. The van der Waals surface area contributed by atoms with Gasteiger partial charge in [-0.3, -0.25) is 9.59 Å². The second kappa shape index (κ2) is 7.51. The molecule has 0 aromatic heterocycles. The van der Waals surface area contributed by atoms with Gasteiger partial charge in [-0.1, -0.05) is 0 Å². The highest BCUT2D eigenvalue weighted by atomic mass is 16.2. The third-order valence-corrected chi connectivity index (χ3v) is 1.29. The summed E-state index contributed by atoms with van der Waals surface area (Å²) >= 11 is 0. The van der Waals surface area contributed by atoms with Crippen molar-refractivity contribution in [2.24, 2.45) is 5.73 Å². The first-order chi connectivity index (χ1) is 6.20. The number of hydrogen-bond donors (Lipinski definition) is 4. The monoisotopic (exact) mass is 188 g/mol. The Morgan fingerprint density at radius 1 is 1.15 bits per heavy atom. The second-order valence-corrected chi connectivity index (χ2v) is 2.43. The van der Waals surface area contributed by atoms with Crippen LogP contribution in [-0.4, -0.2) is 45.0 Å². The van der Waals surface area contributed by atoms with Crippen LogP contribution < -0.4 is 21.7 Å². The number of amides is 2. The summed E-state index contributed by atoms with van der Waals surface area (Å²) in [7, 11) is 1.69. The molecule has 6 nitrogen and oxygen atoms in total. The highest BCUT2D eigenvalue weighted by molar-refractivity contribution is 5.78. The molecule has 0 rings (SSSR count). The van der Waals surface area contributed by atoms with Gasteiger partial charge in [0.1, 0.15) is 0 Å². The Labute approximate surface area is 77.2 Å². The third-order valence-electron chi connectivity index (χ3n) is 1.29. The molecule has 0 aromatic carbocycles. The van der Waals surface area contributed by atoms with Crippen LogP contribution in [0.4, 0.5) is 0 Å². The first-order valence-electron chi connectivity index (χ1n) is 4.08. The Kier molecular flexibility index (Phi) is 6.85. The molecule has 2 amide bonds. The zero-order valence-electron chi connectivity index (χ0n) is 7.72.